The quantitative estimate of drug-likeness (QED) is 0.376. The Hall–Kier alpha value is -1.47. The van der Waals surface area contributed by atoms with Crippen molar-refractivity contribution < 1.29 is 14.6 Å². The molecule has 4 nitrogen and oxygen atoms in total. The zero-order valence-electron chi connectivity index (χ0n) is 19.9. The van der Waals surface area contributed by atoms with Crippen molar-refractivity contribution in [3.63, 3.8) is 0 Å². The van der Waals surface area contributed by atoms with Crippen LogP contribution in [-0.4, -0.2) is 43.3 Å². The van der Waals surface area contributed by atoms with E-state index in [1.165, 1.54) is 22.4 Å². The summed E-state index contributed by atoms with van der Waals surface area (Å²) >= 11 is 0. The summed E-state index contributed by atoms with van der Waals surface area (Å²) < 4.78 is 6.50. The second kappa shape index (κ2) is 14.8. The van der Waals surface area contributed by atoms with Crippen molar-refractivity contribution in [2.24, 2.45) is 11.3 Å². The molecule has 4 aliphatic rings. The van der Waals surface area contributed by atoms with E-state index in [9.17, 15) is 9.90 Å². The fourth-order valence-electron chi connectivity index (χ4n) is 6.69. The van der Waals surface area contributed by atoms with Gasteiger partial charge in [-0.25, -0.2) is 0 Å². The first-order chi connectivity index (χ1) is 14.8. The third-order valence-corrected chi connectivity index (χ3v) is 8.58. The van der Waals surface area contributed by atoms with E-state index in [1.807, 2.05) is 0 Å². The number of rotatable bonds is 3. The molecule has 0 radical (unpaired) electrons. The number of ketones is 1. The SMILES string of the molecule is C.C.C.C.C.C=C[C@]1(O)CC[C@H]2[C@@H]3OCC4=CC(=O)CCC4=C3C(c3ccc(N(C)C)cc3)C[C@@]21C.S.S. The van der Waals surface area contributed by atoms with E-state index >= 15 is 0 Å². The van der Waals surface area contributed by atoms with Crippen LogP contribution in [0.5, 0.6) is 0 Å². The molecule has 1 aliphatic heterocycles. The number of anilines is 1. The summed E-state index contributed by atoms with van der Waals surface area (Å²) in [6, 6.07) is 8.79. The van der Waals surface area contributed by atoms with Gasteiger partial charge >= 0.3 is 0 Å². The average Bonchev–Trinajstić information content (AvgIpc) is 3.04. The van der Waals surface area contributed by atoms with E-state index in [2.05, 4.69) is 56.8 Å². The molecule has 1 N–H and O–H groups in total. The first kappa shape index (κ1) is 41.0. The van der Waals surface area contributed by atoms with Crippen LogP contribution >= 0.6 is 27.0 Å². The minimum absolute atomic E-state index is 0. The fourth-order valence-corrected chi connectivity index (χ4v) is 6.69. The second-order valence-electron chi connectivity index (χ2n) is 10.2. The predicted octanol–water partition coefficient (Wildman–Crippen LogP) is 7.96. The maximum absolute atomic E-state index is 12.1. The van der Waals surface area contributed by atoms with Crippen molar-refractivity contribution in [2.75, 3.05) is 25.6 Å². The van der Waals surface area contributed by atoms with Crippen LogP contribution in [0.4, 0.5) is 5.69 Å². The van der Waals surface area contributed by atoms with Crippen molar-refractivity contribution in [2.45, 2.75) is 93.8 Å². The summed E-state index contributed by atoms with van der Waals surface area (Å²) in [6.45, 7) is 6.73. The fraction of sp³-hybridized carbons (Fsp3) is 0.594. The van der Waals surface area contributed by atoms with Gasteiger partial charge in [-0.15, -0.1) is 6.58 Å². The summed E-state index contributed by atoms with van der Waals surface area (Å²) in [5.74, 6) is 0.629. The lowest BCUT2D eigenvalue weighted by Crippen LogP contribution is -2.53. The monoisotopic (exact) mass is 567 g/mol. The van der Waals surface area contributed by atoms with Gasteiger partial charge in [0.1, 0.15) is 0 Å². The number of aliphatic hydroxyl groups is 1. The van der Waals surface area contributed by atoms with Gasteiger partial charge in [-0.05, 0) is 72.1 Å². The molecule has 2 saturated carbocycles. The molecule has 0 saturated heterocycles. The molecule has 1 unspecified atom stereocenters. The van der Waals surface area contributed by atoms with E-state index in [0.717, 1.165) is 31.3 Å². The third kappa shape index (κ3) is 6.14. The summed E-state index contributed by atoms with van der Waals surface area (Å²) in [7, 11) is 4.10. The Morgan fingerprint density at radius 1 is 1.05 bits per heavy atom. The van der Waals surface area contributed by atoms with Crippen molar-refractivity contribution >= 4 is 38.5 Å². The maximum Gasteiger partial charge on any atom is 0.156 e. The molecule has 1 aromatic rings. The molecule has 220 valence electrons. The second-order valence-corrected chi connectivity index (χ2v) is 10.2. The Kier molecular flexibility index (Phi) is 16.0. The van der Waals surface area contributed by atoms with Crippen LogP contribution in [0, 0.1) is 11.3 Å². The highest BCUT2D eigenvalue weighted by Gasteiger charge is 2.62. The molecule has 0 bridgehead atoms. The largest absolute Gasteiger partial charge is 0.385 e. The van der Waals surface area contributed by atoms with Gasteiger partial charge in [-0.1, -0.05) is 62.3 Å². The summed E-state index contributed by atoms with van der Waals surface area (Å²) in [5, 5.41) is 11.5. The van der Waals surface area contributed by atoms with Crippen molar-refractivity contribution in [1.29, 1.82) is 0 Å². The first-order valence-corrected chi connectivity index (χ1v) is 11.5. The van der Waals surface area contributed by atoms with E-state index in [-0.39, 0.29) is 93.3 Å². The van der Waals surface area contributed by atoms with Gasteiger partial charge in [0.2, 0.25) is 0 Å². The molecular weight excluding hydrogens is 510 g/mol. The Morgan fingerprint density at radius 2 is 1.66 bits per heavy atom. The van der Waals surface area contributed by atoms with Gasteiger partial charge in [-0.2, -0.15) is 27.0 Å². The Labute approximate surface area is 248 Å². The Balaban J connectivity index is -0.00000175. The normalized spacial score (nSPS) is 30.2. The number of carbonyl (C=O) groups is 1. The van der Waals surface area contributed by atoms with Crippen LogP contribution < -0.4 is 4.90 Å². The maximum atomic E-state index is 12.1. The summed E-state index contributed by atoms with van der Waals surface area (Å²) in [4.78, 5) is 14.2. The zero-order chi connectivity index (χ0) is 22.0. The van der Waals surface area contributed by atoms with Crippen LogP contribution in [0.2, 0.25) is 0 Å². The molecule has 6 heteroatoms. The molecule has 0 spiro atoms. The van der Waals surface area contributed by atoms with Gasteiger partial charge in [0.05, 0.1) is 18.3 Å². The van der Waals surface area contributed by atoms with E-state index in [0.29, 0.717) is 13.0 Å². The number of ether oxygens (including phenoxy) is 1. The minimum Gasteiger partial charge on any atom is -0.385 e. The summed E-state index contributed by atoms with van der Waals surface area (Å²) in [6.07, 6.45) is 7.48. The van der Waals surface area contributed by atoms with E-state index < -0.39 is 5.60 Å². The lowest BCUT2D eigenvalue weighted by Gasteiger charge is -2.53. The van der Waals surface area contributed by atoms with Crippen LogP contribution in [0.15, 0.2) is 59.7 Å². The average molecular weight is 568 g/mol. The number of benzene rings is 1. The van der Waals surface area contributed by atoms with Crippen molar-refractivity contribution in [3.05, 3.63) is 65.3 Å². The number of fused-ring (bicyclic) bond motifs is 4. The van der Waals surface area contributed by atoms with Gasteiger partial charge in [0.15, 0.2) is 5.78 Å². The number of hydrogen-bond acceptors (Lipinski definition) is 4. The van der Waals surface area contributed by atoms with Gasteiger partial charge < -0.3 is 14.7 Å². The molecule has 0 aromatic heterocycles. The summed E-state index contributed by atoms with van der Waals surface area (Å²) in [5.41, 5.74) is 5.03. The molecule has 0 amide bonds. The minimum atomic E-state index is -0.877. The number of carbonyl (C=O) groups excluding carboxylic acids is 1. The van der Waals surface area contributed by atoms with Gasteiger partial charge in [-0.3, -0.25) is 4.79 Å². The van der Waals surface area contributed by atoms with Crippen LogP contribution in [0.1, 0.15) is 87.6 Å². The topological polar surface area (TPSA) is 49.8 Å². The molecule has 1 aromatic carbocycles. The highest BCUT2D eigenvalue weighted by molar-refractivity contribution is 7.59. The zero-order valence-corrected chi connectivity index (χ0v) is 21.9. The van der Waals surface area contributed by atoms with Crippen LogP contribution in [0.3, 0.4) is 0 Å². The third-order valence-electron chi connectivity index (χ3n) is 8.58. The highest BCUT2D eigenvalue weighted by Crippen LogP contribution is 2.64. The molecule has 5 atom stereocenters. The number of hydrogen-bond donors (Lipinski definition) is 1. The van der Waals surface area contributed by atoms with Crippen molar-refractivity contribution in [1.82, 2.24) is 0 Å². The van der Waals surface area contributed by atoms with E-state index in [1.54, 1.807) is 12.2 Å². The first-order valence-electron chi connectivity index (χ1n) is 11.5. The highest BCUT2D eigenvalue weighted by atomic mass is 32.1. The van der Waals surface area contributed by atoms with Gasteiger partial charge in [0.25, 0.3) is 0 Å². The lowest BCUT2D eigenvalue weighted by atomic mass is 9.55. The van der Waals surface area contributed by atoms with E-state index in [4.69, 9.17) is 4.74 Å². The standard InChI is InChI=1S/C27H33NO3.5CH4.2H2S/c1-5-27(30)13-12-23-25-24(21-11-10-20(29)14-18(21)16-31-25)22(15-26(23,27)2)17-6-8-19(9-7-17)28(3)4;;;;;;;/h5-9,14,22-23,25,30H,1,10-13,15-16H2,2-4H3;5*1H4;2*1H2/t22?,23-,25-,26-,27-;;;;;;;/m0......./s1. The Morgan fingerprint density at radius 3 is 2.21 bits per heavy atom. The lowest BCUT2D eigenvalue weighted by molar-refractivity contribution is -0.115. The van der Waals surface area contributed by atoms with Crippen LogP contribution in [0.25, 0.3) is 0 Å². The number of nitrogens with zero attached hydrogens (tertiary/aromatic N) is 1. The smallest absolute Gasteiger partial charge is 0.156 e. The van der Waals surface area contributed by atoms with Crippen LogP contribution in [-0.2, 0) is 9.53 Å². The number of allylic oxidation sites excluding steroid dienone is 1. The van der Waals surface area contributed by atoms with Gasteiger partial charge in [0, 0.05) is 37.5 Å². The molecule has 5 rings (SSSR count). The molecule has 2 fully saturated rings. The Bertz CT molecular complexity index is 1000. The molecular formula is C32H57NO3S2. The molecule has 3 aliphatic carbocycles. The molecule has 38 heavy (non-hydrogen) atoms. The molecule has 1 heterocycles. The predicted molar refractivity (Wildman–Crippen MR) is 178 cm³/mol. The van der Waals surface area contributed by atoms with Crippen molar-refractivity contribution in [3.8, 4) is 0 Å².